The highest BCUT2D eigenvalue weighted by molar-refractivity contribution is 5.78. The lowest BCUT2D eigenvalue weighted by molar-refractivity contribution is 0.380. The average Bonchev–Trinajstić information content (AvgIpc) is 2.58. The van der Waals surface area contributed by atoms with Crippen LogP contribution in [0.15, 0.2) is 22.6 Å². The Hall–Kier alpha value is -1.42. The topological polar surface area (TPSA) is 25.2 Å². The van der Waals surface area contributed by atoms with E-state index in [-0.39, 0.29) is 11.9 Å². The number of benzene rings is 1. The maximum Gasteiger partial charge on any atom is 0.278 e. The third kappa shape index (κ3) is 2.07. The van der Waals surface area contributed by atoms with Gasteiger partial charge in [-0.1, -0.05) is 0 Å². The lowest BCUT2D eigenvalue weighted by Crippen LogP contribution is -2.23. The Morgan fingerprint density at radius 2 is 2.06 bits per heavy atom. The number of hydrogen-bond donors (Lipinski definition) is 1. The molecule has 1 heterocycles. The van der Waals surface area contributed by atoms with Crippen LogP contribution in [0.5, 0.6) is 0 Å². The van der Waals surface area contributed by atoms with Crippen LogP contribution in [0.1, 0.15) is 12.5 Å². The molecule has 0 amide bonds. The maximum absolute atomic E-state index is 13.6. The van der Waals surface area contributed by atoms with Crippen LogP contribution in [0, 0.1) is 11.8 Å². The summed E-state index contributed by atoms with van der Waals surface area (Å²) in [5, 5.41) is 3.48. The molecule has 1 aromatic heterocycles. The van der Waals surface area contributed by atoms with E-state index >= 15 is 0 Å². The Bertz CT molecular complexity index is 507. The summed E-state index contributed by atoms with van der Waals surface area (Å²) in [6.07, 6.45) is 0.542. The molecule has 2 nitrogen and oxygen atoms in total. The lowest BCUT2D eigenvalue weighted by atomic mass is 10.1. The molecular weight excluding hydrogens is 212 g/mol. The Balaban J connectivity index is 2.41. The second-order valence-electron chi connectivity index (χ2n) is 3.93. The van der Waals surface area contributed by atoms with Gasteiger partial charge in [-0.15, -0.1) is 0 Å². The minimum atomic E-state index is -0.687. The molecule has 0 fully saturated rings. The van der Waals surface area contributed by atoms with Gasteiger partial charge in [0.1, 0.15) is 11.4 Å². The summed E-state index contributed by atoms with van der Waals surface area (Å²) >= 11 is 0. The molecule has 0 bridgehead atoms. The summed E-state index contributed by atoms with van der Waals surface area (Å²) in [6, 6.07) is 3.52. The van der Waals surface area contributed by atoms with Gasteiger partial charge >= 0.3 is 0 Å². The third-order valence-electron chi connectivity index (χ3n) is 2.67. The summed E-state index contributed by atoms with van der Waals surface area (Å²) in [4.78, 5) is 0. The van der Waals surface area contributed by atoms with E-state index in [0.29, 0.717) is 23.0 Å². The van der Waals surface area contributed by atoms with Gasteiger partial charge in [0.05, 0.1) is 0 Å². The highest BCUT2D eigenvalue weighted by Gasteiger charge is 2.11. The van der Waals surface area contributed by atoms with Crippen molar-refractivity contribution >= 4 is 11.0 Å². The molecule has 0 aliphatic carbocycles. The maximum atomic E-state index is 13.6. The van der Waals surface area contributed by atoms with E-state index in [4.69, 9.17) is 4.42 Å². The fourth-order valence-electron chi connectivity index (χ4n) is 1.66. The molecule has 0 saturated carbocycles. The van der Waals surface area contributed by atoms with Crippen molar-refractivity contribution < 1.29 is 13.2 Å². The van der Waals surface area contributed by atoms with Crippen molar-refractivity contribution in [1.82, 2.24) is 5.32 Å². The van der Waals surface area contributed by atoms with E-state index < -0.39 is 6.01 Å². The van der Waals surface area contributed by atoms with E-state index in [9.17, 15) is 8.78 Å². The van der Waals surface area contributed by atoms with Crippen LogP contribution in [0.4, 0.5) is 8.78 Å². The van der Waals surface area contributed by atoms with Gasteiger partial charge in [0.25, 0.3) is 6.01 Å². The van der Waals surface area contributed by atoms with Crippen molar-refractivity contribution in [3.8, 4) is 0 Å². The first-order valence-electron chi connectivity index (χ1n) is 5.15. The number of hydrogen-bond acceptors (Lipinski definition) is 2. The zero-order valence-electron chi connectivity index (χ0n) is 9.18. The van der Waals surface area contributed by atoms with Crippen molar-refractivity contribution in [3.05, 3.63) is 35.6 Å². The minimum Gasteiger partial charge on any atom is -0.431 e. The van der Waals surface area contributed by atoms with Gasteiger partial charge in [0, 0.05) is 17.5 Å². The second-order valence-corrected chi connectivity index (χ2v) is 3.93. The summed E-state index contributed by atoms with van der Waals surface area (Å²) in [6.45, 7) is 1.95. The molecule has 0 spiro atoms. The highest BCUT2D eigenvalue weighted by atomic mass is 19.1. The predicted molar refractivity (Wildman–Crippen MR) is 58.4 cm³/mol. The predicted octanol–water partition coefficient (Wildman–Crippen LogP) is 2.86. The number of rotatable bonds is 3. The monoisotopic (exact) mass is 225 g/mol. The van der Waals surface area contributed by atoms with Crippen molar-refractivity contribution in [2.45, 2.75) is 19.4 Å². The molecule has 1 atom stereocenters. The van der Waals surface area contributed by atoms with E-state index in [2.05, 4.69) is 5.32 Å². The van der Waals surface area contributed by atoms with Crippen molar-refractivity contribution in [2.24, 2.45) is 0 Å². The van der Waals surface area contributed by atoms with E-state index in [1.54, 1.807) is 6.07 Å². The highest BCUT2D eigenvalue weighted by Crippen LogP contribution is 2.23. The number of nitrogens with one attached hydrogen (secondary N) is 1. The zero-order valence-corrected chi connectivity index (χ0v) is 9.18. The Labute approximate surface area is 92.2 Å². The molecule has 0 aliphatic rings. The van der Waals surface area contributed by atoms with E-state index in [0.717, 1.165) is 0 Å². The first-order valence-corrected chi connectivity index (χ1v) is 5.15. The summed E-state index contributed by atoms with van der Waals surface area (Å²) in [5.74, 6) is -0.324. The van der Waals surface area contributed by atoms with Crippen LogP contribution >= 0.6 is 0 Å². The fraction of sp³-hybridized carbons (Fsp3) is 0.333. The molecule has 0 saturated heterocycles. The Kier molecular flexibility index (Phi) is 2.92. The van der Waals surface area contributed by atoms with Crippen LogP contribution in [-0.4, -0.2) is 13.1 Å². The van der Waals surface area contributed by atoms with Crippen LogP contribution in [0.25, 0.3) is 11.0 Å². The molecule has 16 heavy (non-hydrogen) atoms. The largest absolute Gasteiger partial charge is 0.431 e. The van der Waals surface area contributed by atoms with Gasteiger partial charge < -0.3 is 9.73 Å². The Morgan fingerprint density at radius 1 is 1.31 bits per heavy atom. The van der Waals surface area contributed by atoms with Crippen LogP contribution in [0.3, 0.4) is 0 Å². The summed E-state index contributed by atoms with van der Waals surface area (Å²) in [5.41, 5.74) is 0.918. The normalized spacial score (nSPS) is 13.2. The number of halogens is 2. The van der Waals surface area contributed by atoms with E-state index in [1.807, 2.05) is 14.0 Å². The van der Waals surface area contributed by atoms with Gasteiger partial charge in [-0.25, -0.2) is 4.39 Å². The molecule has 2 aromatic rings. The smallest absolute Gasteiger partial charge is 0.278 e. The van der Waals surface area contributed by atoms with Crippen molar-refractivity contribution in [2.75, 3.05) is 7.05 Å². The molecule has 4 heteroatoms. The van der Waals surface area contributed by atoms with Gasteiger partial charge in [-0.2, -0.15) is 4.39 Å². The number of furan rings is 1. The quantitative estimate of drug-likeness (QED) is 0.868. The molecular formula is C12H13F2NO. The lowest BCUT2D eigenvalue weighted by Gasteiger charge is -2.10. The molecule has 0 aliphatic heterocycles. The van der Waals surface area contributed by atoms with Gasteiger partial charge in [-0.05, 0) is 38.1 Å². The summed E-state index contributed by atoms with van der Waals surface area (Å²) < 4.78 is 31.3. The molecule has 86 valence electrons. The van der Waals surface area contributed by atoms with Crippen LogP contribution in [0.2, 0.25) is 0 Å². The Morgan fingerprint density at radius 3 is 2.75 bits per heavy atom. The number of likely N-dealkylation sites (N-methyl/N-ethyl adjacent to an activating group) is 1. The van der Waals surface area contributed by atoms with E-state index in [1.165, 1.54) is 12.1 Å². The molecule has 0 radical (unpaired) electrons. The second kappa shape index (κ2) is 4.22. The first-order chi connectivity index (χ1) is 7.60. The minimum absolute atomic E-state index is 0.159. The summed E-state index contributed by atoms with van der Waals surface area (Å²) in [7, 11) is 1.81. The zero-order chi connectivity index (χ0) is 11.7. The average molecular weight is 225 g/mol. The molecule has 1 N–H and O–H groups in total. The standard InChI is InChI=1S/C12H13F2NO/c1-7(15-2)3-8-5-11-9(4-10(8)13)6-12(14)16-11/h4-7,15H,3H2,1-2H3/t7-/m0/s1. The molecule has 1 aromatic carbocycles. The van der Waals surface area contributed by atoms with Crippen molar-refractivity contribution in [3.63, 3.8) is 0 Å². The van der Waals surface area contributed by atoms with Gasteiger partial charge in [0.15, 0.2) is 0 Å². The molecule has 0 unspecified atom stereocenters. The van der Waals surface area contributed by atoms with Gasteiger partial charge in [-0.3, -0.25) is 0 Å². The number of fused-ring (bicyclic) bond motifs is 1. The fourth-order valence-corrected chi connectivity index (χ4v) is 1.66. The van der Waals surface area contributed by atoms with Crippen LogP contribution < -0.4 is 5.32 Å². The van der Waals surface area contributed by atoms with Crippen LogP contribution in [-0.2, 0) is 6.42 Å². The first kappa shape index (κ1) is 11.1. The SMILES string of the molecule is CN[C@@H](C)Cc1cc2oc(F)cc2cc1F. The van der Waals surface area contributed by atoms with Crippen molar-refractivity contribution in [1.29, 1.82) is 0 Å². The van der Waals surface area contributed by atoms with Gasteiger partial charge in [0.2, 0.25) is 0 Å². The molecule has 2 rings (SSSR count). The third-order valence-corrected chi connectivity index (χ3v) is 2.67.